The molecule has 0 aliphatic carbocycles. The number of nitrogens with one attached hydrogen (secondary N) is 2. The molecule has 1 aromatic heterocycles. The van der Waals surface area contributed by atoms with Gasteiger partial charge >= 0.3 is 0 Å². The van der Waals surface area contributed by atoms with Crippen LogP contribution in [0.2, 0.25) is 0 Å². The lowest BCUT2D eigenvalue weighted by Gasteiger charge is -2.11. The average Bonchev–Trinajstić information content (AvgIpc) is 2.29. The number of aliphatic hydroxyl groups excluding tert-OH is 1. The summed E-state index contributed by atoms with van der Waals surface area (Å²) in [7, 11) is 0. The third-order valence-corrected chi connectivity index (χ3v) is 2.06. The number of hydrogen-bond acceptors (Lipinski definition) is 5. The lowest BCUT2D eigenvalue weighted by molar-refractivity contribution is 0.183. The van der Waals surface area contributed by atoms with Gasteiger partial charge in [-0.15, -0.1) is 0 Å². The summed E-state index contributed by atoms with van der Waals surface area (Å²) in [5.74, 6) is -0.0409. The van der Waals surface area contributed by atoms with Gasteiger partial charge in [-0.2, -0.15) is 4.98 Å². The second-order valence-corrected chi connectivity index (χ2v) is 3.36. The minimum absolute atomic E-state index is 0.110. The minimum Gasteiger partial charge on any atom is -0.391 e. The lowest BCUT2D eigenvalue weighted by atomic mass is 10.3. The molecule has 0 spiro atoms. The molecule has 1 aromatic rings. The number of nitrogens with zero attached hydrogens (tertiary/aromatic N) is 2. The van der Waals surface area contributed by atoms with Crippen LogP contribution in [0, 0.1) is 5.82 Å². The molecule has 3 N–H and O–H groups in total. The lowest BCUT2D eigenvalue weighted by Crippen LogP contribution is -2.20. The smallest absolute Gasteiger partial charge is 0.224 e. The molecule has 0 aliphatic rings. The fraction of sp³-hybridized carbons (Fsp3) is 0.600. The predicted molar refractivity (Wildman–Crippen MR) is 60.9 cm³/mol. The van der Waals surface area contributed by atoms with Crippen molar-refractivity contribution in [1.82, 2.24) is 9.97 Å². The third kappa shape index (κ3) is 3.62. The Hall–Kier alpha value is -1.43. The van der Waals surface area contributed by atoms with Crippen molar-refractivity contribution in [1.29, 1.82) is 0 Å². The molecule has 1 heterocycles. The fourth-order valence-corrected chi connectivity index (χ4v) is 1.09. The number of aromatic nitrogens is 2. The molecule has 0 aromatic carbocycles. The van der Waals surface area contributed by atoms with Crippen molar-refractivity contribution in [2.75, 3.05) is 23.7 Å². The molecule has 1 rings (SSSR count). The van der Waals surface area contributed by atoms with Crippen LogP contribution in [-0.2, 0) is 0 Å². The molecule has 1 unspecified atom stereocenters. The van der Waals surface area contributed by atoms with Gasteiger partial charge in [0, 0.05) is 13.1 Å². The molecular formula is C10H17FN4O. The van der Waals surface area contributed by atoms with E-state index in [4.69, 9.17) is 0 Å². The Bertz CT molecular complexity index is 335. The van der Waals surface area contributed by atoms with Gasteiger partial charge in [0.15, 0.2) is 11.6 Å². The second kappa shape index (κ2) is 6.22. The van der Waals surface area contributed by atoms with E-state index in [2.05, 4.69) is 20.6 Å². The van der Waals surface area contributed by atoms with E-state index < -0.39 is 11.9 Å². The summed E-state index contributed by atoms with van der Waals surface area (Å²) in [4.78, 5) is 7.73. The fourth-order valence-electron chi connectivity index (χ4n) is 1.09. The summed E-state index contributed by atoms with van der Waals surface area (Å²) in [6, 6.07) is 0. The minimum atomic E-state index is -0.523. The number of aliphatic hydroxyl groups is 1. The maximum absolute atomic E-state index is 13.3. The molecule has 6 heteroatoms. The van der Waals surface area contributed by atoms with Crippen molar-refractivity contribution in [3.63, 3.8) is 0 Å². The van der Waals surface area contributed by atoms with Crippen molar-refractivity contribution in [3.8, 4) is 0 Å². The standard InChI is InChI=1S/C10H17FN4O/c1-3-7(16)5-13-9-8(11)6-14-10(15-9)12-4-2/h6-7,16H,3-5H2,1-2H3,(H2,12,13,14,15). The Balaban J connectivity index is 2.66. The normalized spacial score (nSPS) is 12.2. The maximum Gasteiger partial charge on any atom is 0.224 e. The molecule has 0 fully saturated rings. The first kappa shape index (κ1) is 12.6. The highest BCUT2D eigenvalue weighted by Gasteiger charge is 2.07. The second-order valence-electron chi connectivity index (χ2n) is 3.36. The number of anilines is 2. The molecule has 5 nitrogen and oxygen atoms in total. The van der Waals surface area contributed by atoms with Crippen LogP contribution < -0.4 is 10.6 Å². The molecule has 0 radical (unpaired) electrons. The largest absolute Gasteiger partial charge is 0.391 e. The van der Waals surface area contributed by atoms with E-state index in [9.17, 15) is 9.50 Å². The Morgan fingerprint density at radius 1 is 1.44 bits per heavy atom. The van der Waals surface area contributed by atoms with Crippen molar-refractivity contribution < 1.29 is 9.50 Å². The Labute approximate surface area is 94.1 Å². The van der Waals surface area contributed by atoms with Gasteiger partial charge in [0.2, 0.25) is 5.95 Å². The average molecular weight is 228 g/mol. The van der Waals surface area contributed by atoms with Crippen LogP contribution in [0.1, 0.15) is 20.3 Å². The highest BCUT2D eigenvalue weighted by Crippen LogP contribution is 2.11. The highest BCUT2D eigenvalue weighted by molar-refractivity contribution is 5.40. The number of rotatable bonds is 6. The Kier molecular flexibility index (Phi) is 4.91. The highest BCUT2D eigenvalue weighted by atomic mass is 19.1. The number of halogens is 1. The summed E-state index contributed by atoms with van der Waals surface area (Å²) in [5, 5.41) is 15.0. The van der Waals surface area contributed by atoms with Crippen LogP contribution >= 0.6 is 0 Å². The monoisotopic (exact) mass is 228 g/mol. The summed E-state index contributed by atoms with van der Waals surface area (Å²) >= 11 is 0. The molecule has 0 saturated heterocycles. The van der Waals surface area contributed by atoms with Gasteiger partial charge in [-0.3, -0.25) is 0 Å². The van der Waals surface area contributed by atoms with Crippen LogP contribution in [0.15, 0.2) is 6.20 Å². The third-order valence-electron chi connectivity index (χ3n) is 2.06. The van der Waals surface area contributed by atoms with E-state index in [0.717, 1.165) is 6.20 Å². The van der Waals surface area contributed by atoms with Crippen molar-refractivity contribution in [2.45, 2.75) is 26.4 Å². The zero-order chi connectivity index (χ0) is 12.0. The van der Waals surface area contributed by atoms with E-state index in [1.165, 1.54) is 0 Å². The van der Waals surface area contributed by atoms with E-state index in [1.807, 2.05) is 13.8 Å². The molecule has 0 amide bonds. The maximum atomic E-state index is 13.3. The first-order valence-electron chi connectivity index (χ1n) is 5.35. The molecular weight excluding hydrogens is 211 g/mol. The molecule has 0 aliphatic heterocycles. The van der Waals surface area contributed by atoms with Gasteiger partial charge < -0.3 is 15.7 Å². The summed E-state index contributed by atoms with van der Waals surface area (Å²) in [6.45, 7) is 4.70. The zero-order valence-corrected chi connectivity index (χ0v) is 9.50. The van der Waals surface area contributed by atoms with Crippen LogP contribution in [0.25, 0.3) is 0 Å². The van der Waals surface area contributed by atoms with Gasteiger partial charge in [-0.25, -0.2) is 9.37 Å². The topological polar surface area (TPSA) is 70.1 Å². The van der Waals surface area contributed by atoms with Crippen LogP contribution in [0.5, 0.6) is 0 Å². The van der Waals surface area contributed by atoms with Crippen molar-refractivity contribution in [3.05, 3.63) is 12.0 Å². The van der Waals surface area contributed by atoms with E-state index in [-0.39, 0.29) is 12.4 Å². The van der Waals surface area contributed by atoms with Gasteiger partial charge in [-0.05, 0) is 13.3 Å². The predicted octanol–water partition coefficient (Wildman–Crippen LogP) is 1.23. The van der Waals surface area contributed by atoms with Crippen molar-refractivity contribution >= 4 is 11.8 Å². The molecule has 1 atom stereocenters. The van der Waals surface area contributed by atoms with Crippen LogP contribution in [-0.4, -0.2) is 34.3 Å². The molecule has 16 heavy (non-hydrogen) atoms. The van der Waals surface area contributed by atoms with Gasteiger partial charge in [0.25, 0.3) is 0 Å². The van der Waals surface area contributed by atoms with E-state index >= 15 is 0 Å². The first-order valence-corrected chi connectivity index (χ1v) is 5.35. The molecule has 90 valence electrons. The van der Waals surface area contributed by atoms with Gasteiger partial charge in [0.1, 0.15) is 0 Å². The molecule has 0 bridgehead atoms. The van der Waals surface area contributed by atoms with Gasteiger partial charge in [-0.1, -0.05) is 6.92 Å². The SMILES string of the molecule is CCNc1ncc(F)c(NCC(O)CC)n1. The summed E-state index contributed by atoms with van der Waals surface area (Å²) in [5.41, 5.74) is 0. The first-order chi connectivity index (χ1) is 7.67. The number of hydrogen-bond donors (Lipinski definition) is 3. The van der Waals surface area contributed by atoms with Crippen molar-refractivity contribution in [2.24, 2.45) is 0 Å². The zero-order valence-electron chi connectivity index (χ0n) is 9.50. The molecule has 0 saturated carbocycles. The van der Waals surface area contributed by atoms with Gasteiger partial charge in [0.05, 0.1) is 12.3 Å². The Morgan fingerprint density at radius 3 is 2.81 bits per heavy atom. The van der Waals surface area contributed by atoms with Crippen LogP contribution in [0.4, 0.5) is 16.2 Å². The van der Waals surface area contributed by atoms with Crippen LogP contribution in [0.3, 0.4) is 0 Å². The quantitative estimate of drug-likeness (QED) is 0.683. The Morgan fingerprint density at radius 2 is 2.19 bits per heavy atom. The summed E-state index contributed by atoms with van der Waals surface area (Å²) in [6.07, 6.45) is 1.21. The van der Waals surface area contributed by atoms with E-state index in [1.54, 1.807) is 0 Å². The summed E-state index contributed by atoms with van der Waals surface area (Å²) < 4.78 is 13.3. The van der Waals surface area contributed by atoms with E-state index in [0.29, 0.717) is 18.9 Å².